The number of aromatic nitrogens is 6. The predicted octanol–water partition coefficient (Wildman–Crippen LogP) is -0.924. The van der Waals surface area contributed by atoms with E-state index in [1.165, 1.54) is 17.3 Å². The first-order valence-corrected chi connectivity index (χ1v) is 5.85. The van der Waals surface area contributed by atoms with Crippen molar-refractivity contribution in [2.75, 3.05) is 39.3 Å². The molecule has 0 unspecified atom stereocenters. The second-order valence-electron chi connectivity index (χ2n) is 3.57. The summed E-state index contributed by atoms with van der Waals surface area (Å²) in [6.07, 6.45) is 2.82. The van der Waals surface area contributed by atoms with E-state index in [0.717, 1.165) is 0 Å². The molecule has 2 heterocycles. The molecule has 0 fully saturated rings. The highest BCUT2D eigenvalue weighted by Gasteiger charge is 2.07. The zero-order chi connectivity index (χ0) is 14.2. The lowest BCUT2D eigenvalue weighted by molar-refractivity contribution is 0.0528. The molecular weight excluding hydrogens is 266 g/mol. The number of methoxy groups -OCH3 is 1. The smallest absolute Gasteiger partial charge is 0.323 e. The van der Waals surface area contributed by atoms with Crippen molar-refractivity contribution in [2.45, 2.75) is 0 Å². The van der Waals surface area contributed by atoms with E-state index in [4.69, 9.17) is 19.9 Å². The van der Waals surface area contributed by atoms with Crippen LogP contribution in [-0.4, -0.2) is 63.3 Å². The molecule has 0 aliphatic rings. The van der Waals surface area contributed by atoms with Gasteiger partial charge in [0.25, 0.3) is 5.95 Å². The van der Waals surface area contributed by atoms with Crippen LogP contribution in [0.5, 0.6) is 6.01 Å². The van der Waals surface area contributed by atoms with Gasteiger partial charge in [0.05, 0.1) is 19.8 Å². The maximum absolute atomic E-state index is 5.58. The first kappa shape index (κ1) is 14.1. The molecule has 0 amide bonds. The molecule has 0 radical (unpaired) electrons. The molecule has 10 heteroatoms. The van der Waals surface area contributed by atoms with Gasteiger partial charge in [-0.05, 0) is 0 Å². The topological polar surface area (TPSA) is 123 Å². The molecule has 0 aromatic carbocycles. The van der Waals surface area contributed by atoms with E-state index in [1.807, 2.05) is 0 Å². The van der Waals surface area contributed by atoms with Crippen LogP contribution in [-0.2, 0) is 9.47 Å². The van der Waals surface area contributed by atoms with Crippen molar-refractivity contribution in [3.05, 3.63) is 12.7 Å². The van der Waals surface area contributed by atoms with Crippen LogP contribution in [0.4, 0.5) is 5.95 Å². The third-order valence-electron chi connectivity index (χ3n) is 2.13. The number of rotatable bonds is 8. The van der Waals surface area contributed by atoms with Gasteiger partial charge in [0, 0.05) is 7.11 Å². The average Bonchev–Trinajstić information content (AvgIpc) is 2.96. The summed E-state index contributed by atoms with van der Waals surface area (Å²) >= 11 is 0. The van der Waals surface area contributed by atoms with Gasteiger partial charge < -0.3 is 19.9 Å². The van der Waals surface area contributed by atoms with Gasteiger partial charge >= 0.3 is 6.01 Å². The first-order chi connectivity index (χ1) is 9.79. The fourth-order valence-corrected chi connectivity index (χ4v) is 1.28. The highest BCUT2D eigenvalue weighted by atomic mass is 16.5. The molecule has 2 N–H and O–H groups in total. The van der Waals surface area contributed by atoms with Crippen LogP contribution in [0.15, 0.2) is 12.7 Å². The second-order valence-corrected chi connectivity index (χ2v) is 3.57. The van der Waals surface area contributed by atoms with Gasteiger partial charge in [-0.1, -0.05) is 0 Å². The molecule has 10 nitrogen and oxygen atoms in total. The lowest BCUT2D eigenvalue weighted by Gasteiger charge is -2.07. The second kappa shape index (κ2) is 7.31. The van der Waals surface area contributed by atoms with Crippen LogP contribution in [0.25, 0.3) is 5.95 Å². The van der Waals surface area contributed by atoms with E-state index < -0.39 is 0 Å². The molecule has 0 spiro atoms. The fourth-order valence-electron chi connectivity index (χ4n) is 1.28. The molecule has 2 rings (SSSR count). The summed E-state index contributed by atoms with van der Waals surface area (Å²) < 4.78 is 16.8. The van der Waals surface area contributed by atoms with Gasteiger partial charge in [0.1, 0.15) is 19.3 Å². The van der Waals surface area contributed by atoms with Gasteiger partial charge in [0.2, 0.25) is 5.95 Å². The van der Waals surface area contributed by atoms with Crippen LogP contribution < -0.4 is 10.5 Å². The Morgan fingerprint density at radius 3 is 2.75 bits per heavy atom. The normalized spacial score (nSPS) is 10.7. The van der Waals surface area contributed by atoms with Crippen LogP contribution in [0.1, 0.15) is 0 Å². The molecule has 0 atom stereocenters. The van der Waals surface area contributed by atoms with Crippen LogP contribution in [0.3, 0.4) is 0 Å². The quantitative estimate of drug-likeness (QED) is 0.611. The molecule has 2 aromatic rings. The summed E-state index contributed by atoms with van der Waals surface area (Å²) in [5, 5.41) is 3.90. The van der Waals surface area contributed by atoms with E-state index >= 15 is 0 Å². The number of nitrogens with two attached hydrogens (primary N) is 1. The first-order valence-electron chi connectivity index (χ1n) is 5.85. The van der Waals surface area contributed by atoms with Crippen molar-refractivity contribution in [2.24, 2.45) is 0 Å². The van der Waals surface area contributed by atoms with Gasteiger partial charge in [0.15, 0.2) is 0 Å². The molecule has 0 saturated heterocycles. The monoisotopic (exact) mass is 281 g/mol. The van der Waals surface area contributed by atoms with Gasteiger partial charge in [-0.2, -0.15) is 24.7 Å². The minimum atomic E-state index is 0.0424. The van der Waals surface area contributed by atoms with Crippen LogP contribution in [0, 0.1) is 0 Å². The van der Waals surface area contributed by atoms with Crippen molar-refractivity contribution in [1.82, 2.24) is 29.7 Å². The van der Waals surface area contributed by atoms with Crippen LogP contribution >= 0.6 is 0 Å². The minimum absolute atomic E-state index is 0.0424. The molecule has 108 valence electrons. The molecule has 0 bridgehead atoms. The highest BCUT2D eigenvalue weighted by Crippen LogP contribution is 2.07. The van der Waals surface area contributed by atoms with E-state index in [1.54, 1.807) is 7.11 Å². The Hall–Kier alpha value is -2.33. The maximum Gasteiger partial charge on any atom is 0.323 e. The molecule has 0 aliphatic carbocycles. The highest BCUT2D eigenvalue weighted by molar-refractivity contribution is 5.23. The van der Waals surface area contributed by atoms with Crippen molar-refractivity contribution >= 4 is 5.95 Å². The standard InChI is InChI=1S/C10H15N7O3/c1-18-2-3-19-4-5-20-10-15-8(11)14-9(16-10)17-7-12-6-13-17/h6-7H,2-5H2,1H3,(H2,11,14,15,16). The van der Waals surface area contributed by atoms with Crippen molar-refractivity contribution in [3.8, 4) is 12.0 Å². The molecule has 0 saturated carbocycles. The lowest BCUT2D eigenvalue weighted by Crippen LogP contribution is -2.13. The number of ether oxygens (including phenoxy) is 3. The summed E-state index contributed by atoms with van der Waals surface area (Å²) in [4.78, 5) is 15.7. The van der Waals surface area contributed by atoms with Crippen molar-refractivity contribution in [1.29, 1.82) is 0 Å². The summed E-state index contributed by atoms with van der Waals surface area (Å²) in [6.45, 7) is 1.73. The predicted molar refractivity (Wildman–Crippen MR) is 67.3 cm³/mol. The molecule has 0 aliphatic heterocycles. The third kappa shape index (κ3) is 4.10. The Morgan fingerprint density at radius 2 is 2.00 bits per heavy atom. The maximum atomic E-state index is 5.58. The Morgan fingerprint density at radius 1 is 1.15 bits per heavy atom. The van der Waals surface area contributed by atoms with Crippen LogP contribution in [0.2, 0.25) is 0 Å². The van der Waals surface area contributed by atoms with E-state index in [-0.39, 0.29) is 17.9 Å². The summed E-state index contributed by atoms with van der Waals surface area (Å²) in [6, 6.07) is 0.110. The Bertz CT molecular complexity index is 520. The van der Waals surface area contributed by atoms with Gasteiger partial charge in [-0.25, -0.2) is 4.98 Å². The zero-order valence-corrected chi connectivity index (χ0v) is 11.0. The Balaban J connectivity index is 1.88. The zero-order valence-electron chi connectivity index (χ0n) is 11.0. The largest absolute Gasteiger partial charge is 0.461 e. The van der Waals surface area contributed by atoms with E-state index in [9.17, 15) is 0 Å². The van der Waals surface area contributed by atoms with E-state index in [2.05, 4.69) is 25.0 Å². The Kier molecular flexibility index (Phi) is 5.15. The molecule has 20 heavy (non-hydrogen) atoms. The minimum Gasteiger partial charge on any atom is -0.461 e. The van der Waals surface area contributed by atoms with Crippen molar-refractivity contribution in [3.63, 3.8) is 0 Å². The number of hydrogen-bond acceptors (Lipinski definition) is 9. The molecular formula is C10H15N7O3. The number of nitrogens with zero attached hydrogens (tertiary/aromatic N) is 6. The average molecular weight is 281 g/mol. The summed E-state index contributed by atoms with van der Waals surface area (Å²) in [5.41, 5.74) is 5.58. The lowest BCUT2D eigenvalue weighted by atomic mass is 10.7. The van der Waals surface area contributed by atoms with E-state index in [0.29, 0.717) is 26.4 Å². The number of nitrogen functional groups attached to an aromatic ring is 1. The van der Waals surface area contributed by atoms with Gasteiger partial charge in [-0.3, -0.25) is 0 Å². The molecule has 2 aromatic heterocycles. The SMILES string of the molecule is COCCOCCOc1nc(N)nc(-n2cncn2)n1. The third-order valence-corrected chi connectivity index (χ3v) is 2.13. The Labute approximate surface area is 114 Å². The number of anilines is 1. The van der Waals surface area contributed by atoms with Gasteiger partial charge in [-0.15, -0.1) is 0 Å². The summed E-state index contributed by atoms with van der Waals surface area (Å²) in [5.74, 6) is 0.283. The fraction of sp³-hybridized carbons (Fsp3) is 0.500. The summed E-state index contributed by atoms with van der Waals surface area (Å²) in [7, 11) is 1.61. The number of hydrogen-bond donors (Lipinski definition) is 1. The van der Waals surface area contributed by atoms with Crippen molar-refractivity contribution < 1.29 is 14.2 Å².